The molecule has 0 spiro atoms. The van der Waals surface area contributed by atoms with Crippen molar-refractivity contribution in [2.45, 2.75) is 30.1 Å². The van der Waals surface area contributed by atoms with E-state index in [9.17, 15) is 0 Å². The van der Waals surface area contributed by atoms with Gasteiger partial charge in [-0.3, -0.25) is 4.57 Å². The second-order valence-corrected chi connectivity index (χ2v) is 15.5. The van der Waals surface area contributed by atoms with Crippen LogP contribution in [0.4, 0.5) is 0 Å². The number of nitrogens with zero attached hydrogens (tertiary/aromatic N) is 3. The molecular weight excluding hydrogens is 675 g/mol. The molecule has 0 saturated carbocycles. The van der Waals surface area contributed by atoms with Gasteiger partial charge < -0.3 is 0 Å². The Balaban J connectivity index is 1.23. The second-order valence-electron chi connectivity index (χ2n) is 14.4. The fraction of sp³-hybridized carbons (Fsp3) is 0.0800. The van der Waals surface area contributed by atoms with Gasteiger partial charge in [-0.25, -0.2) is 9.97 Å². The Morgan fingerprint density at radius 3 is 2.07 bits per heavy atom. The minimum absolute atomic E-state index is 0.303. The van der Waals surface area contributed by atoms with Crippen LogP contribution in [0.3, 0.4) is 0 Å². The molecule has 6 aromatic carbocycles. The number of fused-ring (bicyclic) bond motifs is 10. The molecule has 3 heterocycles. The number of thioether (sulfide) groups is 1. The summed E-state index contributed by atoms with van der Waals surface area (Å²) in [7, 11) is 0. The molecule has 2 aromatic heterocycles. The molecule has 0 radical (unpaired) electrons. The van der Waals surface area contributed by atoms with E-state index in [4.69, 9.17) is 9.97 Å². The number of rotatable bonds is 5. The van der Waals surface area contributed by atoms with E-state index in [0.717, 1.165) is 47.7 Å². The van der Waals surface area contributed by atoms with Gasteiger partial charge in [0.2, 0.25) is 0 Å². The standard InChI is InChI=1S/C50H35N3S/c1-5-15-32(16-6-1)36-25-27-43-40(29-36)47-48(53(43)45-31-42(34-19-9-3-10-20-34)51-50(52-45)35-21-11-4-12-22-35)39-24-14-13-23-38(39)46-41-30-37(33-17-7-2-8-18-33)26-28-44(41)54-49(46)47/h1-9,11-19,21-29,31,41H,10,20,30H2. The third kappa shape index (κ3) is 5.05. The lowest BCUT2D eigenvalue weighted by Gasteiger charge is -2.21. The first-order chi connectivity index (χ1) is 26.8. The minimum Gasteiger partial charge on any atom is -0.293 e. The fourth-order valence-corrected chi connectivity index (χ4v) is 10.1. The predicted octanol–water partition coefficient (Wildman–Crippen LogP) is 13.4. The lowest BCUT2D eigenvalue weighted by atomic mass is 9.83. The number of allylic oxidation sites excluding steroid dienone is 8. The first kappa shape index (κ1) is 31.3. The molecule has 3 nitrogen and oxygen atoms in total. The highest BCUT2D eigenvalue weighted by atomic mass is 32.2. The molecule has 1 aliphatic heterocycles. The third-order valence-corrected chi connectivity index (χ3v) is 12.5. The first-order valence-electron chi connectivity index (χ1n) is 18.8. The molecule has 0 amide bonds. The number of aromatic nitrogens is 3. The van der Waals surface area contributed by atoms with E-state index >= 15 is 0 Å². The molecule has 3 aliphatic rings. The molecular formula is C50H35N3S. The van der Waals surface area contributed by atoms with Gasteiger partial charge >= 0.3 is 0 Å². The van der Waals surface area contributed by atoms with Gasteiger partial charge in [-0.1, -0.05) is 163 Å². The van der Waals surface area contributed by atoms with Crippen molar-refractivity contribution in [2.24, 2.45) is 0 Å². The van der Waals surface area contributed by atoms with Crippen molar-refractivity contribution in [3.8, 4) is 28.3 Å². The molecule has 0 N–H and O–H groups in total. The summed E-state index contributed by atoms with van der Waals surface area (Å²) in [6.07, 6.45) is 14.3. The SMILES string of the molecule is C1=CCCC(c2cc(-n3c4ccc(-c5ccccc5)cc4c4c5c(c6ccccc6c43)C3CC(c4ccccc4)=CC=C3S5)nc(-c3ccccc3)n2)=C1. The first-order valence-corrected chi connectivity index (χ1v) is 19.6. The lowest BCUT2D eigenvalue weighted by molar-refractivity contribution is 0.862. The molecule has 0 fully saturated rings. The van der Waals surface area contributed by atoms with Crippen LogP contribution in [-0.2, 0) is 0 Å². The molecule has 0 bridgehead atoms. The zero-order valence-corrected chi connectivity index (χ0v) is 30.4. The van der Waals surface area contributed by atoms with Gasteiger partial charge in [0, 0.05) is 38.6 Å². The Morgan fingerprint density at radius 1 is 0.593 bits per heavy atom. The van der Waals surface area contributed by atoms with Crippen LogP contribution in [0.15, 0.2) is 180 Å². The molecule has 8 aromatic rings. The van der Waals surface area contributed by atoms with Crippen molar-refractivity contribution in [1.29, 1.82) is 0 Å². The fourth-order valence-electron chi connectivity index (χ4n) is 8.72. The molecule has 2 aliphatic carbocycles. The van der Waals surface area contributed by atoms with Crippen molar-refractivity contribution in [3.05, 3.63) is 192 Å². The van der Waals surface area contributed by atoms with Crippen LogP contribution < -0.4 is 0 Å². The topological polar surface area (TPSA) is 30.7 Å². The summed E-state index contributed by atoms with van der Waals surface area (Å²) in [5.41, 5.74) is 12.2. The lowest BCUT2D eigenvalue weighted by Crippen LogP contribution is -2.05. The Kier molecular flexibility index (Phi) is 7.37. The van der Waals surface area contributed by atoms with Gasteiger partial charge in [-0.05, 0) is 75.1 Å². The van der Waals surface area contributed by atoms with Gasteiger partial charge in [0.15, 0.2) is 5.82 Å². The van der Waals surface area contributed by atoms with E-state index in [-0.39, 0.29) is 0 Å². The summed E-state index contributed by atoms with van der Waals surface area (Å²) in [6.45, 7) is 0. The van der Waals surface area contributed by atoms with E-state index in [1.165, 1.54) is 70.3 Å². The quantitative estimate of drug-likeness (QED) is 0.178. The van der Waals surface area contributed by atoms with E-state index in [1.54, 1.807) is 0 Å². The molecule has 1 atom stereocenters. The largest absolute Gasteiger partial charge is 0.293 e. The summed E-state index contributed by atoms with van der Waals surface area (Å²) < 4.78 is 2.43. The summed E-state index contributed by atoms with van der Waals surface area (Å²) >= 11 is 1.97. The average Bonchev–Trinajstić information content (AvgIpc) is 3.81. The Bertz CT molecular complexity index is 2910. The third-order valence-electron chi connectivity index (χ3n) is 11.3. The maximum atomic E-state index is 5.42. The van der Waals surface area contributed by atoms with Crippen molar-refractivity contribution in [3.63, 3.8) is 0 Å². The maximum Gasteiger partial charge on any atom is 0.162 e. The van der Waals surface area contributed by atoms with Crippen LogP contribution in [0.2, 0.25) is 0 Å². The highest BCUT2D eigenvalue weighted by Gasteiger charge is 2.36. The highest BCUT2D eigenvalue weighted by Crippen LogP contribution is 2.59. The maximum absolute atomic E-state index is 5.42. The van der Waals surface area contributed by atoms with Crippen LogP contribution in [-0.4, -0.2) is 14.5 Å². The average molecular weight is 710 g/mol. The zero-order chi connectivity index (χ0) is 35.6. The molecule has 1 unspecified atom stereocenters. The molecule has 54 heavy (non-hydrogen) atoms. The Labute approximate surface area is 318 Å². The Morgan fingerprint density at radius 2 is 1.31 bits per heavy atom. The van der Waals surface area contributed by atoms with Crippen LogP contribution in [0.25, 0.3) is 72.1 Å². The van der Waals surface area contributed by atoms with E-state index in [2.05, 4.69) is 174 Å². The van der Waals surface area contributed by atoms with Crippen molar-refractivity contribution in [2.75, 3.05) is 0 Å². The normalized spacial score (nSPS) is 16.3. The summed E-state index contributed by atoms with van der Waals surface area (Å²) in [5, 5.41) is 5.12. The summed E-state index contributed by atoms with van der Waals surface area (Å²) in [5.74, 6) is 1.93. The molecule has 11 rings (SSSR count). The number of hydrogen-bond donors (Lipinski definition) is 0. The van der Waals surface area contributed by atoms with Gasteiger partial charge in [-0.15, -0.1) is 0 Å². The summed E-state index contributed by atoms with van der Waals surface area (Å²) in [4.78, 5) is 13.4. The molecule has 4 heteroatoms. The van der Waals surface area contributed by atoms with Crippen molar-refractivity contribution >= 4 is 55.5 Å². The van der Waals surface area contributed by atoms with Gasteiger partial charge in [0.05, 0.1) is 16.7 Å². The van der Waals surface area contributed by atoms with E-state index < -0.39 is 0 Å². The van der Waals surface area contributed by atoms with Crippen molar-refractivity contribution in [1.82, 2.24) is 14.5 Å². The molecule has 256 valence electrons. The number of benzene rings is 6. The van der Waals surface area contributed by atoms with Crippen LogP contribution in [0, 0.1) is 0 Å². The second kappa shape index (κ2) is 12.7. The van der Waals surface area contributed by atoms with Gasteiger partial charge in [0.25, 0.3) is 0 Å². The van der Waals surface area contributed by atoms with Crippen molar-refractivity contribution < 1.29 is 0 Å². The predicted molar refractivity (Wildman–Crippen MR) is 227 cm³/mol. The van der Waals surface area contributed by atoms with E-state index in [1.807, 2.05) is 11.8 Å². The van der Waals surface area contributed by atoms with Crippen LogP contribution >= 0.6 is 11.8 Å². The van der Waals surface area contributed by atoms with Gasteiger partial charge in [-0.2, -0.15) is 0 Å². The zero-order valence-electron chi connectivity index (χ0n) is 29.6. The van der Waals surface area contributed by atoms with Crippen LogP contribution in [0.5, 0.6) is 0 Å². The number of hydrogen-bond acceptors (Lipinski definition) is 3. The van der Waals surface area contributed by atoms with Gasteiger partial charge in [0.1, 0.15) is 5.82 Å². The smallest absolute Gasteiger partial charge is 0.162 e. The Hall–Kier alpha value is -6.23. The molecule has 0 saturated heterocycles. The minimum atomic E-state index is 0.303. The highest BCUT2D eigenvalue weighted by molar-refractivity contribution is 8.03. The summed E-state index contributed by atoms with van der Waals surface area (Å²) in [6, 6.07) is 50.3. The van der Waals surface area contributed by atoms with Crippen LogP contribution in [0.1, 0.15) is 42.0 Å². The monoisotopic (exact) mass is 709 g/mol. The van der Waals surface area contributed by atoms with E-state index in [0.29, 0.717) is 5.92 Å².